The minimum absolute atomic E-state index is 0.0146. The van der Waals surface area contributed by atoms with E-state index in [1.54, 1.807) is 6.92 Å². The van der Waals surface area contributed by atoms with Gasteiger partial charge in [0.1, 0.15) is 11.5 Å². The Hall–Kier alpha value is -0.900. The maximum absolute atomic E-state index is 12.2. The minimum Gasteiger partial charge on any atom is -0.384 e. The van der Waals surface area contributed by atoms with Crippen LogP contribution in [0.5, 0.6) is 0 Å². The van der Waals surface area contributed by atoms with Gasteiger partial charge in [0.15, 0.2) is 0 Å². The number of alkyl halides is 2. The fourth-order valence-electron chi connectivity index (χ4n) is 0.852. The molecule has 1 rings (SSSR count). The van der Waals surface area contributed by atoms with Crippen LogP contribution >= 0.6 is 11.6 Å². The Morgan fingerprint density at radius 3 is 2.67 bits per heavy atom. The lowest BCUT2D eigenvalue weighted by molar-refractivity contribution is 0.146. The van der Waals surface area contributed by atoms with Gasteiger partial charge in [0, 0.05) is 0 Å². The van der Waals surface area contributed by atoms with Crippen molar-refractivity contribution in [2.45, 2.75) is 13.3 Å². The van der Waals surface area contributed by atoms with Crippen LogP contribution in [0.4, 0.5) is 14.6 Å². The number of anilines is 1. The smallest absolute Gasteiger partial charge is 0.281 e. The monoisotopic (exact) mass is 192 g/mol. The van der Waals surface area contributed by atoms with Crippen molar-refractivity contribution in [1.29, 1.82) is 0 Å². The highest BCUT2D eigenvalue weighted by atomic mass is 35.5. The predicted molar refractivity (Wildman–Crippen MR) is 43.4 cm³/mol. The molecule has 1 heterocycles. The topological polar surface area (TPSA) is 38.9 Å². The standard InChI is InChI=1S/C7H7ClF2N2/c1-3-2-4(11)12-6(5(3)8)7(9)10/h2,7H,1H3,(H2,11,12). The Kier molecular flexibility index (Phi) is 2.47. The summed E-state index contributed by atoms with van der Waals surface area (Å²) in [5.74, 6) is 0.0622. The number of hydrogen-bond acceptors (Lipinski definition) is 2. The normalized spacial score (nSPS) is 10.8. The zero-order valence-electron chi connectivity index (χ0n) is 6.31. The van der Waals surface area contributed by atoms with Gasteiger partial charge in [0.2, 0.25) is 0 Å². The molecule has 0 saturated carbocycles. The molecule has 1 aromatic heterocycles. The molecule has 0 saturated heterocycles. The van der Waals surface area contributed by atoms with Crippen molar-refractivity contribution in [3.8, 4) is 0 Å². The lowest BCUT2D eigenvalue weighted by Gasteiger charge is -2.05. The summed E-state index contributed by atoms with van der Waals surface area (Å²) >= 11 is 5.56. The quantitative estimate of drug-likeness (QED) is 0.743. The van der Waals surface area contributed by atoms with Crippen molar-refractivity contribution >= 4 is 17.4 Å². The van der Waals surface area contributed by atoms with E-state index in [4.69, 9.17) is 17.3 Å². The molecule has 2 nitrogen and oxygen atoms in total. The van der Waals surface area contributed by atoms with Crippen molar-refractivity contribution in [1.82, 2.24) is 4.98 Å². The Morgan fingerprint density at radius 1 is 1.58 bits per heavy atom. The molecular weight excluding hydrogens is 186 g/mol. The highest BCUT2D eigenvalue weighted by Crippen LogP contribution is 2.28. The molecule has 0 bridgehead atoms. The number of rotatable bonds is 1. The van der Waals surface area contributed by atoms with Crippen LogP contribution in [-0.2, 0) is 0 Å². The zero-order chi connectivity index (χ0) is 9.30. The van der Waals surface area contributed by atoms with Gasteiger partial charge in [-0.25, -0.2) is 13.8 Å². The van der Waals surface area contributed by atoms with Gasteiger partial charge in [0.05, 0.1) is 5.02 Å². The Bertz CT molecular complexity index is 302. The molecule has 0 atom stereocenters. The molecule has 0 fully saturated rings. The fraction of sp³-hybridized carbons (Fsp3) is 0.286. The van der Waals surface area contributed by atoms with Gasteiger partial charge in [-0.2, -0.15) is 0 Å². The van der Waals surface area contributed by atoms with Crippen LogP contribution in [0.15, 0.2) is 6.07 Å². The zero-order valence-corrected chi connectivity index (χ0v) is 7.07. The highest BCUT2D eigenvalue weighted by molar-refractivity contribution is 6.32. The van der Waals surface area contributed by atoms with Crippen LogP contribution in [0.2, 0.25) is 5.02 Å². The van der Waals surface area contributed by atoms with Gasteiger partial charge in [-0.1, -0.05) is 11.6 Å². The summed E-state index contributed by atoms with van der Waals surface area (Å²) in [6.07, 6.45) is -2.68. The largest absolute Gasteiger partial charge is 0.384 e. The minimum atomic E-state index is -2.68. The third-order valence-corrected chi connectivity index (χ3v) is 1.88. The van der Waals surface area contributed by atoms with Crippen LogP contribution in [0.25, 0.3) is 0 Å². The Labute approximate surface area is 73.4 Å². The summed E-state index contributed by atoms with van der Waals surface area (Å²) < 4.78 is 24.4. The molecule has 66 valence electrons. The van der Waals surface area contributed by atoms with Gasteiger partial charge in [-0.05, 0) is 18.6 Å². The second-order valence-electron chi connectivity index (χ2n) is 2.36. The van der Waals surface area contributed by atoms with Gasteiger partial charge < -0.3 is 5.73 Å². The summed E-state index contributed by atoms with van der Waals surface area (Å²) in [7, 11) is 0. The number of pyridine rings is 1. The first-order valence-electron chi connectivity index (χ1n) is 3.23. The van der Waals surface area contributed by atoms with Crippen molar-refractivity contribution in [3.05, 3.63) is 22.3 Å². The van der Waals surface area contributed by atoms with E-state index in [2.05, 4.69) is 4.98 Å². The number of nitrogens with two attached hydrogens (primary N) is 1. The molecule has 0 amide bonds. The lowest BCUT2D eigenvalue weighted by atomic mass is 10.2. The van der Waals surface area contributed by atoms with E-state index >= 15 is 0 Å². The van der Waals surface area contributed by atoms with Crippen molar-refractivity contribution in [2.24, 2.45) is 0 Å². The van der Waals surface area contributed by atoms with E-state index in [0.717, 1.165) is 0 Å². The Balaban J connectivity index is 3.28. The maximum Gasteiger partial charge on any atom is 0.281 e. The van der Waals surface area contributed by atoms with Crippen molar-refractivity contribution in [2.75, 3.05) is 5.73 Å². The third kappa shape index (κ3) is 1.64. The van der Waals surface area contributed by atoms with Gasteiger partial charge in [-0.3, -0.25) is 0 Å². The summed E-state index contributed by atoms with van der Waals surface area (Å²) in [5.41, 5.74) is 5.33. The van der Waals surface area contributed by atoms with E-state index in [-0.39, 0.29) is 10.8 Å². The first kappa shape index (κ1) is 9.19. The molecular formula is C7H7ClF2N2. The lowest BCUT2D eigenvalue weighted by Crippen LogP contribution is -1.99. The number of halogens is 3. The summed E-state index contributed by atoms with van der Waals surface area (Å²) in [6, 6.07) is 1.45. The predicted octanol–water partition coefficient (Wildman–Crippen LogP) is 2.56. The Morgan fingerprint density at radius 2 is 2.17 bits per heavy atom. The second-order valence-corrected chi connectivity index (χ2v) is 2.74. The van der Waals surface area contributed by atoms with Crippen molar-refractivity contribution in [3.63, 3.8) is 0 Å². The SMILES string of the molecule is Cc1cc(N)nc(C(F)F)c1Cl. The van der Waals surface area contributed by atoms with E-state index in [9.17, 15) is 8.78 Å². The van der Waals surface area contributed by atoms with Gasteiger partial charge in [0.25, 0.3) is 6.43 Å². The summed E-state index contributed by atoms with van der Waals surface area (Å²) in [4.78, 5) is 3.43. The number of hydrogen-bond donors (Lipinski definition) is 1. The molecule has 0 aliphatic rings. The first-order valence-corrected chi connectivity index (χ1v) is 3.61. The average molecular weight is 193 g/mol. The van der Waals surface area contributed by atoms with Gasteiger partial charge >= 0.3 is 0 Å². The maximum atomic E-state index is 12.2. The molecule has 2 N–H and O–H groups in total. The first-order chi connectivity index (χ1) is 5.52. The molecule has 0 spiro atoms. The number of nitrogen functional groups attached to an aromatic ring is 1. The molecule has 0 unspecified atom stereocenters. The molecule has 0 radical (unpaired) electrons. The van der Waals surface area contributed by atoms with Crippen LogP contribution in [0.1, 0.15) is 17.7 Å². The van der Waals surface area contributed by atoms with Gasteiger partial charge in [-0.15, -0.1) is 0 Å². The molecule has 0 aliphatic heterocycles. The van der Waals surface area contributed by atoms with Crippen LogP contribution in [-0.4, -0.2) is 4.98 Å². The van der Waals surface area contributed by atoms with Crippen LogP contribution < -0.4 is 5.73 Å². The highest BCUT2D eigenvalue weighted by Gasteiger charge is 2.15. The number of aromatic nitrogens is 1. The third-order valence-electron chi connectivity index (χ3n) is 1.39. The number of aryl methyl sites for hydroxylation is 1. The van der Waals surface area contributed by atoms with E-state index in [1.165, 1.54) is 6.07 Å². The number of nitrogens with zero attached hydrogens (tertiary/aromatic N) is 1. The molecule has 0 aromatic carbocycles. The van der Waals surface area contributed by atoms with Crippen molar-refractivity contribution < 1.29 is 8.78 Å². The summed E-state index contributed by atoms with van der Waals surface area (Å²) in [5, 5.41) is -0.0146. The molecule has 1 aromatic rings. The molecule has 5 heteroatoms. The van der Waals surface area contributed by atoms with Crippen LogP contribution in [0, 0.1) is 6.92 Å². The van der Waals surface area contributed by atoms with Crippen LogP contribution in [0.3, 0.4) is 0 Å². The fourth-order valence-corrected chi connectivity index (χ4v) is 1.03. The van der Waals surface area contributed by atoms with E-state index in [0.29, 0.717) is 5.56 Å². The average Bonchev–Trinajstić information content (AvgIpc) is 1.96. The molecule has 12 heavy (non-hydrogen) atoms. The van der Waals surface area contributed by atoms with E-state index < -0.39 is 12.1 Å². The second kappa shape index (κ2) is 3.23. The molecule has 0 aliphatic carbocycles. The van der Waals surface area contributed by atoms with E-state index in [1.807, 2.05) is 0 Å². The summed E-state index contributed by atoms with van der Waals surface area (Å²) in [6.45, 7) is 1.60.